The Hall–Kier alpha value is -4.66. The number of rotatable bonds is 4. The minimum atomic E-state index is -0.626. The molecule has 0 amide bonds. The lowest BCUT2D eigenvalue weighted by molar-refractivity contribution is 0.0522. The fourth-order valence-corrected chi connectivity index (χ4v) is 4.56. The molecule has 4 aromatic heterocycles. The van der Waals surface area contributed by atoms with Crippen LogP contribution in [0, 0.1) is 0 Å². The molecule has 9 nitrogen and oxygen atoms in total. The van der Waals surface area contributed by atoms with Gasteiger partial charge in [0.15, 0.2) is 5.65 Å². The van der Waals surface area contributed by atoms with Gasteiger partial charge in [0.2, 0.25) is 0 Å². The lowest BCUT2D eigenvalue weighted by Crippen LogP contribution is -2.27. The number of fused-ring (bicyclic) bond motifs is 3. The monoisotopic (exact) mass is 505 g/mol. The lowest BCUT2D eigenvalue weighted by atomic mass is 10.1. The molecule has 190 valence electrons. The summed E-state index contributed by atoms with van der Waals surface area (Å²) in [6.45, 7) is 8.07. The van der Waals surface area contributed by atoms with Crippen LogP contribution < -0.4 is 0 Å². The van der Waals surface area contributed by atoms with Crippen LogP contribution in [0.15, 0.2) is 66.9 Å². The molecule has 0 spiro atoms. The van der Waals surface area contributed by atoms with E-state index in [2.05, 4.69) is 26.5 Å². The second-order valence-electron chi connectivity index (χ2n) is 10.2. The molecule has 0 unspecified atom stereocenters. The molecule has 6 aromatic rings. The van der Waals surface area contributed by atoms with Crippen LogP contribution in [0.4, 0.5) is 4.79 Å². The van der Waals surface area contributed by atoms with E-state index in [-0.39, 0.29) is 0 Å². The summed E-state index contributed by atoms with van der Waals surface area (Å²) < 4.78 is 8.75. The average Bonchev–Trinajstić information content (AvgIpc) is 3.48. The first-order valence-electron chi connectivity index (χ1n) is 12.6. The van der Waals surface area contributed by atoms with Gasteiger partial charge in [-0.05, 0) is 69.2 Å². The van der Waals surface area contributed by atoms with Crippen molar-refractivity contribution >= 4 is 39.1 Å². The fraction of sp³-hybridized carbons (Fsp3) is 0.241. The van der Waals surface area contributed by atoms with Crippen molar-refractivity contribution in [2.45, 2.75) is 46.3 Å². The molecule has 0 aliphatic heterocycles. The van der Waals surface area contributed by atoms with Gasteiger partial charge in [-0.3, -0.25) is 4.98 Å². The quantitative estimate of drug-likeness (QED) is 0.299. The van der Waals surface area contributed by atoms with Gasteiger partial charge in [0.1, 0.15) is 11.1 Å². The number of nitrogens with zero attached hydrogens (tertiary/aromatic N) is 7. The summed E-state index contributed by atoms with van der Waals surface area (Å²) in [7, 11) is 0. The summed E-state index contributed by atoms with van der Waals surface area (Å²) in [6.07, 6.45) is 1.99. The Morgan fingerprint density at radius 1 is 1.00 bits per heavy atom. The number of carbonyl (C=O) groups is 1. The van der Waals surface area contributed by atoms with Crippen LogP contribution in [0.3, 0.4) is 0 Å². The summed E-state index contributed by atoms with van der Waals surface area (Å²) in [5.74, 6) is 0. The first-order valence-corrected chi connectivity index (χ1v) is 12.6. The van der Waals surface area contributed by atoms with Crippen molar-refractivity contribution in [1.29, 1.82) is 0 Å². The molecule has 0 bridgehead atoms. The Morgan fingerprint density at radius 2 is 1.84 bits per heavy atom. The van der Waals surface area contributed by atoms with E-state index < -0.39 is 11.7 Å². The molecule has 9 heteroatoms. The highest BCUT2D eigenvalue weighted by atomic mass is 16.6. The van der Waals surface area contributed by atoms with Crippen LogP contribution in [0.2, 0.25) is 0 Å². The molecule has 0 saturated heterocycles. The molecule has 0 aliphatic rings. The third kappa shape index (κ3) is 4.36. The largest absolute Gasteiger partial charge is 0.442 e. The number of aromatic nitrogens is 7. The average molecular weight is 506 g/mol. The standard InChI is InChI=1S/C29H27N7O2/c1-5-22-21-10-9-20(16-26(21)36(33-22)28(37)38-29(2,3)4)24-12-13-25-27(31-24)35(34-32-25)17-18-8-11-23-19(15-18)7-6-14-30-23/h6-16H,5,17H2,1-4H3. The Morgan fingerprint density at radius 3 is 2.66 bits per heavy atom. The highest BCUT2D eigenvalue weighted by Crippen LogP contribution is 2.28. The van der Waals surface area contributed by atoms with E-state index in [0.29, 0.717) is 29.6 Å². The second kappa shape index (κ2) is 9.02. The van der Waals surface area contributed by atoms with Crippen molar-refractivity contribution in [3.63, 3.8) is 0 Å². The van der Waals surface area contributed by atoms with Crippen molar-refractivity contribution < 1.29 is 9.53 Å². The van der Waals surface area contributed by atoms with Gasteiger partial charge in [-0.2, -0.15) is 9.78 Å². The summed E-state index contributed by atoms with van der Waals surface area (Å²) in [4.78, 5) is 22.2. The van der Waals surface area contributed by atoms with Crippen LogP contribution in [0.1, 0.15) is 39.0 Å². The smallest absolute Gasteiger partial charge is 0.435 e. The van der Waals surface area contributed by atoms with Crippen molar-refractivity contribution in [3.8, 4) is 11.3 Å². The predicted molar refractivity (Wildman–Crippen MR) is 146 cm³/mol. The summed E-state index contributed by atoms with van der Waals surface area (Å²) in [6, 6.07) is 19.9. The molecule has 2 aromatic carbocycles. The Balaban J connectivity index is 1.39. The number of hydrogen-bond acceptors (Lipinski definition) is 7. The Kier molecular flexibility index (Phi) is 5.63. The molecule has 0 N–H and O–H groups in total. The van der Waals surface area contributed by atoms with Gasteiger partial charge in [0, 0.05) is 22.5 Å². The van der Waals surface area contributed by atoms with Gasteiger partial charge >= 0.3 is 6.09 Å². The van der Waals surface area contributed by atoms with Gasteiger partial charge < -0.3 is 4.74 Å². The highest BCUT2D eigenvalue weighted by molar-refractivity contribution is 5.93. The minimum Gasteiger partial charge on any atom is -0.442 e. The SMILES string of the molecule is CCc1nn(C(=O)OC(C)(C)C)c2cc(-c3ccc4nnn(Cc5ccc6ncccc6c5)c4n3)ccc12. The van der Waals surface area contributed by atoms with Crippen molar-refractivity contribution in [2.24, 2.45) is 0 Å². The summed E-state index contributed by atoms with van der Waals surface area (Å²) >= 11 is 0. The molecule has 0 aliphatic carbocycles. The molecule has 0 fully saturated rings. The van der Waals surface area contributed by atoms with Crippen LogP contribution in [-0.2, 0) is 17.7 Å². The molecule has 0 saturated carbocycles. The predicted octanol–water partition coefficient (Wildman–Crippen LogP) is 5.79. The highest BCUT2D eigenvalue weighted by Gasteiger charge is 2.22. The number of ether oxygens (including phenoxy) is 1. The maximum Gasteiger partial charge on any atom is 0.435 e. The number of hydrogen-bond donors (Lipinski definition) is 0. The van der Waals surface area contributed by atoms with E-state index in [1.165, 1.54) is 4.68 Å². The van der Waals surface area contributed by atoms with Crippen LogP contribution >= 0.6 is 0 Å². The van der Waals surface area contributed by atoms with Gasteiger partial charge in [-0.1, -0.05) is 36.4 Å². The molecule has 4 heterocycles. The van der Waals surface area contributed by atoms with E-state index in [1.54, 1.807) is 10.9 Å². The third-order valence-corrected chi connectivity index (χ3v) is 6.31. The van der Waals surface area contributed by atoms with Crippen LogP contribution in [0.25, 0.3) is 44.2 Å². The summed E-state index contributed by atoms with van der Waals surface area (Å²) in [5, 5.41) is 15.2. The lowest BCUT2D eigenvalue weighted by Gasteiger charge is -2.19. The van der Waals surface area contributed by atoms with Crippen molar-refractivity contribution in [3.05, 3.63) is 78.1 Å². The van der Waals surface area contributed by atoms with E-state index in [4.69, 9.17) is 9.72 Å². The van der Waals surface area contributed by atoms with E-state index in [1.807, 2.05) is 82.3 Å². The van der Waals surface area contributed by atoms with E-state index >= 15 is 0 Å². The summed E-state index contributed by atoms with van der Waals surface area (Å²) in [5.41, 5.74) is 5.94. The molecule has 6 rings (SSSR count). The van der Waals surface area contributed by atoms with Gasteiger partial charge in [-0.25, -0.2) is 14.5 Å². The Bertz CT molecular complexity index is 1830. The molecule has 0 atom stereocenters. The molecule has 38 heavy (non-hydrogen) atoms. The van der Waals surface area contributed by atoms with E-state index in [9.17, 15) is 4.79 Å². The zero-order valence-electron chi connectivity index (χ0n) is 21.7. The second-order valence-corrected chi connectivity index (χ2v) is 10.2. The third-order valence-electron chi connectivity index (χ3n) is 6.31. The van der Waals surface area contributed by atoms with Crippen molar-refractivity contribution in [2.75, 3.05) is 0 Å². The van der Waals surface area contributed by atoms with E-state index in [0.717, 1.165) is 38.8 Å². The normalized spacial score (nSPS) is 12.0. The van der Waals surface area contributed by atoms with Gasteiger partial charge in [0.05, 0.1) is 29.0 Å². The first-order chi connectivity index (χ1) is 18.3. The number of carbonyl (C=O) groups excluding carboxylic acids is 1. The topological polar surface area (TPSA) is 101 Å². The number of aryl methyl sites for hydroxylation is 1. The minimum absolute atomic E-state index is 0.504. The molecular weight excluding hydrogens is 478 g/mol. The molecule has 0 radical (unpaired) electrons. The van der Waals surface area contributed by atoms with Crippen LogP contribution in [-0.4, -0.2) is 46.4 Å². The van der Waals surface area contributed by atoms with Crippen molar-refractivity contribution in [1.82, 2.24) is 34.7 Å². The Labute approximate surface area is 219 Å². The van der Waals surface area contributed by atoms with Gasteiger partial charge in [0.25, 0.3) is 0 Å². The zero-order valence-corrected chi connectivity index (χ0v) is 21.7. The maximum absolute atomic E-state index is 12.9. The fourth-order valence-electron chi connectivity index (χ4n) is 4.56. The van der Waals surface area contributed by atoms with Crippen LogP contribution in [0.5, 0.6) is 0 Å². The first kappa shape index (κ1) is 23.7. The maximum atomic E-state index is 12.9. The molecular formula is C29H27N7O2. The zero-order chi connectivity index (χ0) is 26.4. The number of benzene rings is 2. The number of pyridine rings is 2. The van der Waals surface area contributed by atoms with Gasteiger partial charge in [-0.15, -0.1) is 5.10 Å².